The fourth-order valence-electron chi connectivity index (χ4n) is 3.62. The number of rotatable bonds is 4. The maximum Gasteiger partial charge on any atom is 0.337 e. The summed E-state index contributed by atoms with van der Waals surface area (Å²) in [5, 5.41) is 5.13. The van der Waals surface area contributed by atoms with Crippen LogP contribution in [0, 0.1) is 0 Å². The van der Waals surface area contributed by atoms with E-state index in [1.54, 1.807) is 12.1 Å². The van der Waals surface area contributed by atoms with Gasteiger partial charge in [-0.2, -0.15) is 0 Å². The second-order valence-corrected chi connectivity index (χ2v) is 7.27. The molecule has 0 unspecified atom stereocenters. The summed E-state index contributed by atoms with van der Waals surface area (Å²) in [5.41, 5.74) is 4.29. The number of benzene rings is 2. The molecule has 1 saturated heterocycles. The average molecular weight is 397 g/mol. The summed E-state index contributed by atoms with van der Waals surface area (Å²) in [6, 6.07) is 13.0. The number of fused-ring (bicyclic) bond motifs is 1. The zero-order chi connectivity index (χ0) is 19.5. The SMILES string of the molecule is COC(=O)c1cccc(Nc2c(C3CCOCC3)cnc3ccc(Cl)cc23)c1. The van der Waals surface area contributed by atoms with Crippen LogP contribution < -0.4 is 5.32 Å². The van der Waals surface area contributed by atoms with Crippen molar-refractivity contribution < 1.29 is 14.3 Å². The highest BCUT2D eigenvalue weighted by molar-refractivity contribution is 6.31. The minimum absolute atomic E-state index is 0.357. The van der Waals surface area contributed by atoms with Gasteiger partial charge in [0, 0.05) is 35.5 Å². The van der Waals surface area contributed by atoms with Gasteiger partial charge in [-0.25, -0.2) is 4.79 Å². The van der Waals surface area contributed by atoms with Crippen LogP contribution in [0.2, 0.25) is 5.02 Å². The summed E-state index contributed by atoms with van der Waals surface area (Å²) in [4.78, 5) is 16.5. The topological polar surface area (TPSA) is 60.5 Å². The first-order valence-electron chi connectivity index (χ1n) is 9.27. The molecule has 28 heavy (non-hydrogen) atoms. The molecular formula is C22H21ClN2O3. The Morgan fingerprint density at radius 1 is 1.21 bits per heavy atom. The van der Waals surface area contributed by atoms with Gasteiger partial charge in [-0.3, -0.25) is 4.98 Å². The largest absolute Gasteiger partial charge is 0.465 e. The van der Waals surface area contributed by atoms with Crippen molar-refractivity contribution in [3.63, 3.8) is 0 Å². The molecule has 1 fully saturated rings. The van der Waals surface area contributed by atoms with Crippen LogP contribution in [0.5, 0.6) is 0 Å². The highest BCUT2D eigenvalue weighted by Gasteiger charge is 2.21. The van der Waals surface area contributed by atoms with Gasteiger partial charge in [-0.05, 0) is 60.7 Å². The molecule has 0 saturated carbocycles. The van der Waals surface area contributed by atoms with Crippen LogP contribution in [0.15, 0.2) is 48.7 Å². The molecule has 1 aliphatic rings. The number of pyridine rings is 1. The number of carbonyl (C=O) groups excluding carboxylic acids is 1. The van der Waals surface area contributed by atoms with Crippen LogP contribution in [0.3, 0.4) is 0 Å². The molecule has 0 aliphatic carbocycles. The van der Waals surface area contributed by atoms with Gasteiger partial charge in [0.25, 0.3) is 0 Å². The molecule has 1 aromatic heterocycles. The van der Waals surface area contributed by atoms with Gasteiger partial charge < -0.3 is 14.8 Å². The van der Waals surface area contributed by atoms with Crippen molar-refractivity contribution in [2.24, 2.45) is 0 Å². The van der Waals surface area contributed by atoms with E-state index in [4.69, 9.17) is 21.1 Å². The summed E-state index contributed by atoms with van der Waals surface area (Å²) in [5.74, 6) is -0.00754. The third-order valence-electron chi connectivity index (χ3n) is 5.07. The maximum atomic E-state index is 11.9. The van der Waals surface area contributed by atoms with Crippen LogP contribution in [0.1, 0.15) is 34.7 Å². The van der Waals surface area contributed by atoms with E-state index in [2.05, 4.69) is 10.3 Å². The Morgan fingerprint density at radius 3 is 2.82 bits per heavy atom. The lowest BCUT2D eigenvalue weighted by molar-refractivity contribution is 0.0600. The second kappa shape index (κ2) is 8.17. The number of halogens is 1. The lowest BCUT2D eigenvalue weighted by Crippen LogP contribution is -2.15. The number of carbonyl (C=O) groups is 1. The molecule has 3 aromatic rings. The molecule has 4 rings (SSSR count). The molecule has 1 aliphatic heterocycles. The number of nitrogens with zero attached hydrogens (tertiary/aromatic N) is 1. The van der Waals surface area contributed by atoms with Crippen molar-refractivity contribution in [3.05, 3.63) is 64.8 Å². The third-order valence-corrected chi connectivity index (χ3v) is 5.31. The van der Waals surface area contributed by atoms with Crippen molar-refractivity contribution in [1.82, 2.24) is 4.98 Å². The average Bonchev–Trinajstić information content (AvgIpc) is 2.74. The summed E-state index contributed by atoms with van der Waals surface area (Å²) in [7, 11) is 1.38. The van der Waals surface area contributed by atoms with E-state index in [1.165, 1.54) is 7.11 Å². The zero-order valence-corrected chi connectivity index (χ0v) is 16.3. The molecule has 0 bridgehead atoms. The van der Waals surface area contributed by atoms with Gasteiger partial charge in [0.1, 0.15) is 0 Å². The van der Waals surface area contributed by atoms with E-state index < -0.39 is 0 Å². The quantitative estimate of drug-likeness (QED) is 0.605. The normalized spacial score (nSPS) is 14.8. The van der Waals surface area contributed by atoms with Crippen LogP contribution in [-0.2, 0) is 9.47 Å². The molecule has 0 radical (unpaired) electrons. The Morgan fingerprint density at radius 2 is 2.04 bits per heavy atom. The molecule has 1 N–H and O–H groups in total. The van der Waals surface area contributed by atoms with Crippen molar-refractivity contribution in [1.29, 1.82) is 0 Å². The highest BCUT2D eigenvalue weighted by atomic mass is 35.5. The fourth-order valence-corrected chi connectivity index (χ4v) is 3.80. The van der Waals surface area contributed by atoms with E-state index >= 15 is 0 Å². The smallest absolute Gasteiger partial charge is 0.337 e. The zero-order valence-electron chi connectivity index (χ0n) is 15.6. The minimum atomic E-state index is -0.365. The van der Waals surface area contributed by atoms with E-state index in [9.17, 15) is 4.79 Å². The Bertz CT molecular complexity index is 1020. The first kappa shape index (κ1) is 18.7. The molecule has 0 atom stereocenters. The summed E-state index contributed by atoms with van der Waals surface area (Å²) in [6.45, 7) is 1.49. The predicted octanol–water partition coefficient (Wildman–Crippen LogP) is 5.31. The number of hydrogen-bond acceptors (Lipinski definition) is 5. The minimum Gasteiger partial charge on any atom is -0.465 e. The molecule has 6 heteroatoms. The van der Waals surface area contributed by atoms with Crippen LogP contribution in [0.4, 0.5) is 11.4 Å². The molecular weight excluding hydrogens is 376 g/mol. The van der Waals surface area contributed by atoms with Gasteiger partial charge in [0.2, 0.25) is 0 Å². The second-order valence-electron chi connectivity index (χ2n) is 6.83. The Kier molecular flexibility index (Phi) is 5.46. The van der Waals surface area contributed by atoms with Crippen LogP contribution >= 0.6 is 11.6 Å². The van der Waals surface area contributed by atoms with Gasteiger partial charge in [0.15, 0.2) is 0 Å². The summed E-state index contributed by atoms with van der Waals surface area (Å²) < 4.78 is 10.4. The molecule has 5 nitrogen and oxygen atoms in total. The highest BCUT2D eigenvalue weighted by Crippen LogP contribution is 2.38. The Hall–Kier alpha value is -2.63. The third kappa shape index (κ3) is 3.81. The molecule has 2 heterocycles. The van der Waals surface area contributed by atoms with E-state index in [0.717, 1.165) is 53.9 Å². The number of aromatic nitrogens is 1. The van der Waals surface area contributed by atoms with Crippen LogP contribution in [-0.4, -0.2) is 31.3 Å². The number of methoxy groups -OCH3 is 1. The monoisotopic (exact) mass is 396 g/mol. The van der Waals surface area contributed by atoms with Crippen molar-refractivity contribution in [2.75, 3.05) is 25.6 Å². The lowest BCUT2D eigenvalue weighted by atomic mass is 9.90. The van der Waals surface area contributed by atoms with Gasteiger partial charge >= 0.3 is 5.97 Å². The number of hydrogen-bond donors (Lipinski definition) is 1. The Balaban J connectivity index is 1.81. The van der Waals surface area contributed by atoms with Gasteiger partial charge in [-0.1, -0.05) is 17.7 Å². The van der Waals surface area contributed by atoms with Crippen molar-refractivity contribution in [2.45, 2.75) is 18.8 Å². The summed E-state index contributed by atoms with van der Waals surface area (Å²) in [6.07, 6.45) is 3.84. The van der Waals surface area contributed by atoms with Gasteiger partial charge in [-0.15, -0.1) is 0 Å². The molecule has 0 spiro atoms. The van der Waals surface area contributed by atoms with E-state index in [1.807, 2.05) is 36.5 Å². The molecule has 2 aromatic carbocycles. The van der Waals surface area contributed by atoms with Crippen molar-refractivity contribution >= 4 is 39.8 Å². The van der Waals surface area contributed by atoms with Gasteiger partial charge in [0.05, 0.1) is 23.9 Å². The lowest BCUT2D eigenvalue weighted by Gasteiger charge is -2.25. The molecule has 144 valence electrons. The fraction of sp³-hybridized carbons (Fsp3) is 0.273. The molecule has 0 amide bonds. The standard InChI is InChI=1S/C22H21ClN2O3/c1-27-22(26)15-3-2-4-17(11-15)25-21-18-12-16(23)5-6-20(18)24-13-19(21)14-7-9-28-10-8-14/h2-6,11-14H,7-10H2,1H3,(H,24,25). The van der Waals surface area contributed by atoms with Crippen molar-refractivity contribution in [3.8, 4) is 0 Å². The number of esters is 1. The maximum absolute atomic E-state index is 11.9. The summed E-state index contributed by atoms with van der Waals surface area (Å²) >= 11 is 6.28. The van der Waals surface area contributed by atoms with E-state index in [-0.39, 0.29) is 5.97 Å². The number of ether oxygens (including phenoxy) is 2. The Labute approximate surface area is 168 Å². The van der Waals surface area contributed by atoms with Crippen LogP contribution in [0.25, 0.3) is 10.9 Å². The predicted molar refractivity (Wildman–Crippen MR) is 111 cm³/mol. The number of anilines is 2. The van der Waals surface area contributed by atoms with E-state index in [0.29, 0.717) is 16.5 Å². The first-order chi connectivity index (χ1) is 13.7. The first-order valence-corrected chi connectivity index (χ1v) is 9.65. The number of nitrogens with one attached hydrogen (secondary N) is 1.